The van der Waals surface area contributed by atoms with Crippen LogP contribution in [-0.4, -0.2) is 44.6 Å². The molecular weight excluding hydrogens is 469 g/mol. The van der Waals surface area contributed by atoms with Crippen molar-refractivity contribution in [1.82, 2.24) is 18.9 Å². The van der Waals surface area contributed by atoms with E-state index in [1.54, 1.807) is 18.3 Å². The molecule has 5 rings (SSSR count). The molecule has 1 aliphatic carbocycles. The quantitative estimate of drug-likeness (QED) is 0.427. The lowest BCUT2D eigenvalue weighted by Crippen LogP contribution is -2.30. The molecule has 0 spiro atoms. The highest BCUT2D eigenvalue weighted by atomic mass is 32.2. The molecule has 3 aromatic heterocycles. The third kappa shape index (κ3) is 4.51. The second kappa shape index (κ2) is 9.01. The van der Waals surface area contributed by atoms with Gasteiger partial charge in [-0.1, -0.05) is 17.7 Å². The Morgan fingerprint density at radius 3 is 2.63 bits per heavy atom. The fourth-order valence-corrected chi connectivity index (χ4v) is 5.77. The number of halogens is 1. The zero-order valence-electron chi connectivity index (χ0n) is 19.4. The van der Waals surface area contributed by atoms with E-state index in [4.69, 9.17) is 0 Å². The number of nitrogens with zero attached hydrogens (tertiary/aromatic N) is 4. The summed E-state index contributed by atoms with van der Waals surface area (Å²) in [5.74, 6) is 0.261. The van der Waals surface area contributed by atoms with E-state index < -0.39 is 15.8 Å². The van der Waals surface area contributed by atoms with E-state index in [9.17, 15) is 17.9 Å². The SMILES string of the molecule is Cc1ccc(S(=O)(=O)n2cc(-c3ncc(C)c(N[C@H]4CCC[C@@H](O)C4)n3)c3cc(F)cnc32)cc1. The van der Waals surface area contributed by atoms with Crippen molar-refractivity contribution < 1.29 is 17.9 Å². The number of benzene rings is 1. The van der Waals surface area contributed by atoms with Gasteiger partial charge < -0.3 is 10.4 Å². The zero-order chi connectivity index (χ0) is 24.7. The van der Waals surface area contributed by atoms with Gasteiger partial charge in [0.15, 0.2) is 11.5 Å². The molecule has 10 heteroatoms. The summed E-state index contributed by atoms with van der Waals surface area (Å²) in [4.78, 5) is 13.3. The van der Waals surface area contributed by atoms with Crippen LogP contribution in [0.25, 0.3) is 22.4 Å². The third-order valence-corrected chi connectivity index (χ3v) is 8.02. The summed E-state index contributed by atoms with van der Waals surface area (Å²) in [7, 11) is -4.00. The largest absolute Gasteiger partial charge is 0.393 e. The van der Waals surface area contributed by atoms with E-state index in [-0.39, 0.29) is 28.5 Å². The summed E-state index contributed by atoms with van der Waals surface area (Å²) in [6.07, 6.45) is 6.94. The molecule has 1 saturated carbocycles. The first-order chi connectivity index (χ1) is 16.7. The van der Waals surface area contributed by atoms with Gasteiger partial charge in [-0.2, -0.15) is 0 Å². The summed E-state index contributed by atoms with van der Waals surface area (Å²) in [6.45, 7) is 3.75. The Morgan fingerprint density at radius 2 is 1.89 bits per heavy atom. The van der Waals surface area contributed by atoms with E-state index in [1.807, 2.05) is 13.8 Å². The van der Waals surface area contributed by atoms with Gasteiger partial charge in [0.2, 0.25) is 0 Å². The molecule has 35 heavy (non-hydrogen) atoms. The Kier molecular flexibility index (Phi) is 6.02. The van der Waals surface area contributed by atoms with Crippen LogP contribution in [-0.2, 0) is 10.0 Å². The van der Waals surface area contributed by atoms with Gasteiger partial charge in [-0.15, -0.1) is 0 Å². The molecule has 0 amide bonds. The first-order valence-corrected chi connectivity index (χ1v) is 12.9. The third-order valence-electron chi connectivity index (χ3n) is 6.36. The van der Waals surface area contributed by atoms with Crippen LogP contribution in [0.4, 0.5) is 10.2 Å². The minimum absolute atomic E-state index is 0.0718. The van der Waals surface area contributed by atoms with Gasteiger partial charge in [-0.3, -0.25) is 0 Å². The van der Waals surface area contributed by atoms with Crippen molar-refractivity contribution in [1.29, 1.82) is 0 Å². The molecule has 1 aromatic carbocycles. The number of rotatable bonds is 5. The maximum atomic E-state index is 14.2. The van der Waals surface area contributed by atoms with E-state index in [2.05, 4.69) is 20.3 Å². The summed E-state index contributed by atoms with van der Waals surface area (Å²) >= 11 is 0. The Hall–Kier alpha value is -3.37. The highest BCUT2D eigenvalue weighted by Crippen LogP contribution is 2.32. The smallest absolute Gasteiger partial charge is 0.269 e. The molecule has 0 aliphatic heterocycles. The van der Waals surface area contributed by atoms with E-state index in [0.717, 1.165) is 40.6 Å². The molecule has 3 heterocycles. The van der Waals surface area contributed by atoms with Gasteiger partial charge in [-0.25, -0.2) is 31.7 Å². The van der Waals surface area contributed by atoms with Crippen molar-refractivity contribution in [2.24, 2.45) is 0 Å². The Balaban J connectivity index is 1.61. The molecule has 2 N–H and O–H groups in total. The number of hydrogen-bond acceptors (Lipinski definition) is 7. The lowest BCUT2D eigenvalue weighted by atomic mass is 9.93. The zero-order valence-corrected chi connectivity index (χ0v) is 20.3. The number of hydrogen-bond donors (Lipinski definition) is 2. The number of pyridine rings is 1. The number of aliphatic hydroxyl groups excluding tert-OH is 1. The molecule has 4 aromatic rings. The van der Waals surface area contributed by atoms with Crippen molar-refractivity contribution in [3.63, 3.8) is 0 Å². The van der Waals surface area contributed by atoms with Crippen molar-refractivity contribution in [2.45, 2.75) is 56.6 Å². The fraction of sp³-hybridized carbons (Fsp3) is 0.320. The van der Waals surface area contributed by atoms with Crippen LogP contribution in [0, 0.1) is 19.7 Å². The van der Waals surface area contributed by atoms with Gasteiger partial charge in [-0.05, 0) is 57.7 Å². The molecule has 0 saturated heterocycles. The molecule has 0 bridgehead atoms. The molecular formula is C25H26FN5O3S. The number of aromatic nitrogens is 4. The summed E-state index contributed by atoms with van der Waals surface area (Å²) in [6, 6.07) is 7.81. The maximum Gasteiger partial charge on any atom is 0.269 e. The lowest BCUT2D eigenvalue weighted by molar-refractivity contribution is 0.124. The number of aliphatic hydroxyl groups is 1. The van der Waals surface area contributed by atoms with E-state index in [0.29, 0.717) is 23.2 Å². The number of nitrogens with one attached hydrogen (secondary N) is 1. The van der Waals surface area contributed by atoms with Crippen molar-refractivity contribution in [3.8, 4) is 11.4 Å². The van der Waals surface area contributed by atoms with Gasteiger partial charge >= 0.3 is 0 Å². The van der Waals surface area contributed by atoms with Crippen LogP contribution < -0.4 is 5.32 Å². The summed E-state index contributed by atoms with van der Waals surface area (Å²) in [5, 5.41) is 13.7. The Morgan fingerprint density at radius 1 is 1.11 bits per heavy atom. The van der Waals surface area contributed by atoms with E-state index in [1.165, 1.54) is 24.4 Å². The highest BCUT2D eigenvalue weighted by Gasteiger charge is 2.25. The average molecular weight is 496 g/mol. The van der Waals surface area contributed by atoms with Gasteiger partial charge in [0.05, 0.1) is 17.2 Å². The van der Waals surface area contributed by atoms with Crippen LogP contribution in [0.3, 0.4) is 0 Å². The molecule has 1 fully saturated rings. The van der Waals surface area contributed by atoms with Gasteiger partial charge in [0, 0.05) is 34.9 Å². The standard InChI is InChI=1S/C25H26FN5O3S/c1-15-6-8-20(9-7-15)35(33,34)31-14-22(21-10-17(26)13-28-25(21)31)24-27-12-16(2)23(30-24)29-18-4-3-5-19(32)11-18/h6-10,12-14,18-19,32H,3-5,11H2,1-2H3,(H,27,29,30)/t18-,19+/m0/s1. The van der Waals surface area contributed by atoms with Crippen LogP contribution >= 0.6 is 0 Å². The van der Waals surface area contributed by atoms with Crippen LogP contribution in [0.15, 0.2) is 53.8 Å². The number of fused-ring (bicyclic) bond motifs is 1. The maximum absolute atomic E-state index is 14.2. The van der Waals surface area contributed by atoms with Gasteiger partial charge in [0.25, 0.3) is 10.0 Å². The van der Waals surface area contributed by atoms with Gasteiger partial charge in [0.1, 0.15) is 11.6 Å². The second-order valence-electron chi connectivity index (χ2n) is 9.07. The number of aryl methyl sites for hydroxylation is 2. The lowest BCUT2D eigenvalue weighted by Gasteiger charge is -2.27. The van der Waals surface area contributed by atoms with Crippen molar-refractivity contribution in [2.75, 3.05) is 5.32 Å². The molecule has 0 radical (unpaired) electrons. The monoisotopic (exact) mass is 495 g/mol. The van der Waals surface area contributed by atoms with Crippen LogP contribution in [0.5, 0.6) is 0 Å². The first-order valence-electron chi connectivity index (χ1n) is 11.5. The van der Waals surface area contributed by atoms with Crippen molar-refractivity contribution in [3.05, 3.63) is 65.9 Å². The molecule has 0 unspecified atom stereocenters. The van der Waals surface area contributed by atoms with E-state index >= 15 is 0 Å². The fourth-order valence-electron chi connectivity index (χ4n) is 4.45. The van der Waals surface area contributed by atoms with Crippen molar-refractivity contribution >= 4 is 26.9 Å². The summed E-state index contributed by atoms with van der Waals surface area (Å²) in [5.41, 5.74) is 2.19. The number of anilines is 1. The molecule has 2 atom stereocenters. The minimum Gasteiger partial charge on any atom is -0.393 e. The predicted molar refractivity (Wildman–Crippen MR) is 131 cm³/mol. The average Bonchev–Trinajstić information content (AvgIpc) is 3.20. The molecule has 1 aliphatic rings. The molecule has 8 nitrogen and oxygen atoms in total. The Bertz CT molecular complexity index is 1500. The molecule has 182 valence electrons. The second-order valence-corrected chi connectivity index (χ2v) is 10.9. The highest BCUT2D eigenvalue weighted by molar-refractivity contribution is 7.90. The minimum atomic E-state index is -4.00. The van der Waals surface area contributed by atoms with Crippen LogP contribution in [0.1, 0.15) is 36.8 Å². The first kappa shape index (κ1) is 23.4. The normalized spacial score (nSPS) is 18.6. The van der Waals surface area contributed by atoms with Crippen LogP contribution in [0.2, 0.25) is 0 Å². The Labute approximate surface area is 202 Å². The predicted octanol–water partition coefficient (Wildman–Crippen LogP) is 4.20. The summed E-state index contributed by atoms with van der Waals surface area (Å²) < 4.78 is 42.2. The topological polar surface area (TPSA) is 110 Å².